The molecule has 4 fully saturated rings. The van der Waals surface area contributed by atoms with Crippen molar-refractivity contribution in [1.82, 2.24) is 0 Å². The van der Waals surface area contributed by atoms with E-state index in [1.54, 1.807) is 0 Å². The first-order chi connectivity index (χ1) is 14.8. The van der Waals surface area contributed by atoms with Crippen molar-refractivity contribution in [3.63, 3.8) is 0 Å². The van der Waals surface area contributed by atoms with Gasteiger partial charge >= 0.3 is 0 Å². The van der Waals surface area contributed by atoms with E-state index >= 15 is 0 Å². The van der Waals surface area contributed by atoms with Gasteiger partial charge in [0.15, 0.2) is 0 Å². The molecule has 5 unspecified atom stereocenters. The summed E-state index contributed by atoms with van der Waals surface area (Å²) in [5.41, 5.74) is -1.57. The van der Waals surface area contributed by atoms with Crippen molar-refractivity contribution in [1.29, 1.82) is 0 Å². The molecule has 4 aliphatic rings. The van der Waals surface area contributed by atoms with E-state index in [2.05, 4.69) is 0 Å². The Kier molecular flexibility index (Phi) is 8.00. The van der Waals surface area contributed by atoms with Gasteiger partial charge < -0.3 is 56.4 Å². The van der Waals surface area contributed by atoms with Crippen molar-refractivity contribution in [2.75, 3.05) is 54.0 Å². The van der Waals surface area contributed by atoms with E-state index in [-0.39, 0.29) is 37.6 Å². The van der Waals surface area contributed by atoms with Crippen LogP contribution >= 0.6 is 15.2 Å². The maximum Gasteiger partial charge on any atom is 0.144 e. The van der Waals surface area contributed by atoms with Crippen LogP contribution in [0.3, 0.4) is 0 Å². The highest BCUT2D eigenvalue weighted by atomic mass is 31.2. The Bertz CT molecular complexity index is 692. The molecule has 0 aliphatic carbocycles. The summed E-state index contributed by atoms with van der Waals surface area (Å²) >= 11 is 0. The molecule has 188 valence electrons. The molecule has 14 heteroatoms. The van der Waals surface area contributed by atoms with E-state index in [1.165, 1.54) is 14.2 Å². The molecule has 32 heavy (non-hydrogen) atoms. The Labute approximate surface area is 187 Å². The molecule has 0 aromatic heterocycles. The SMILES string of the molecule is COCC12CO[C@H](C(C)O1)[C@H]2OP(C)(=O)[O-].COC[C@@]12COC([C@H](C)O1)[C@H]2OP(C)(=O)[O-]. The maximum atomic E-state index is 11.2. The van der Waals surface area contributed by atoms with Gasteiger partial charge in [-0.15, -0.1) is 0 Å². The molecule has 4 bridgehead atoms. The highest BCUT2D eigenvalue weighted by Crippen LogP contribution is 2.49. The summed E-state index contributed by atoms with van der Waals surface area (Å²) in [4.78, 5) is 22.4. The maximum absolute atomic E-state index is 11.2. The van der Waals surface area contributed by atoms with Gasteiger partial charge in [-0.3, -0.25) is 0 Å². The van der Waals surface area contributed by atoms with Crippen LogP contribution in [-0.4, -0.2) is 102 Å². The second kappa shape index (κ2) is 9.60. The fourth-order valence-corrected chi connectivity index (χ4v) is 6.23. The van der Waals surface area contributed by atoms with Crippen molar-refractivity contribution >= 4 is 15.2 Å². The first kappa shape index (κ1) is 26.7. The van der Waals surface area contributed by atoms with Gasteiger partial charge in [0.2, 0.25) is 0 Å². The number of fused-ring (bicyclic) bond motifs is 4. The van der Waals surface area contributed by atoms with Crippen molar-refractivity contribution in [2.24, 2.45) is 0 Å². The summed E-state index contributed by atoms with van der Waals surface area (Å²) in [6, 6.07) is 0. The lowest BCUT2D eigenvalue weighted by molar-refractivity contribution is -0.207. The van der Waals surface area contributed by atoms with Crippen LogP contribution in [0.25, 0.3) is 0 Å². The Morgan fingerprint density at radius 1 is 0.812 bits per heavy atom. The number of rotatable bonds is 8. The van der Waals surface area contributed by atoms with Crippen LogP contribution in [0.5, 0.6) is 0 Å². The molecular formula is C18H32O12P2-2. The molecule has 4 saturated heterocycles. The quantitative estimate of drug-likeness (QED) is 0.394. The van der Waals surface area contributed by atoms with Gasteiger partial charge in [-0.05, 0) is 13.8 Å². The minimum atomic E-state index is -3.81. The normalized spacial score (nSPS) is 45.9. The molecule has 0 radical (unpaired) electrons. The van der Waals surface area contributed by atoms with E-state index < -0.39 is 38.6 Å². The van der Waals surface area contributed by atoms with Gasteiger partial charge in [0.1, 0.15) is 50.8 Å². The van der Waals surface area contributed by atoms with Gasteiger partial charge in [-0.1, -0.05) is 0 Å². The Morgan fingerprint density at radius 3 is 1.41 bits per heavy atom. The van der Waals surface area contributed by atoms with Crippen LogP contribution in [0.15, 0.2) is 0 Å². The third-order valence-corrected chi connectivity index (χ3v) is 7.05. The number of hydrogen-bond acceptors (Lipinski definition) is 12. The second-order valence-corrected chi connectivity index (χ2v) is 12.3. The smallest absolute Gasteiger partial charge is 0.144 e. The summed E-state index contributed by atoms with van der Waals surface area (Å²) < 4.78 is 65.1. The summed E-state index contributed by atoms with van der Waals surface area (Å²) in [6.45, 7) is 6.91. The van der Waals surface area contributed by atoms with Crippen LogP contribution in [0.4, 0.5) is 0 Å². The van der Waals surface area contributed by atoms with E-state index in [4.69, 9.17) is 37.5 Å². The predicted molar refractivity (Wildman–Crippen MR) is 107 cm³/mol. The monoisotopic (exact) mass is 502 g/mol. The lowest BCUT2D eigenvalue weighted by Crippen LogP contribution is -2.46. The average molecular weight is 502 g/mol. The number of hydrogen-bond donors (Lipinski definition) is 0. The molecule has 4 aliphatic heterocycles. The van der Waals surface area contributed by atoms with Crippen LogP contribution in [0.1, 0.15) is 13.8 Å². The Balaban J connectivity index is 0.000000181. The zero-order valence-electron chi connectivity index (χ0n) is 19.1. The second-order valence-electron chi connectivity index (χ2n) is 8.79. The van der Waals surface area contributed by atoms with Crippen LogP contribution in [-0.2, 0) is 46.6 Å². The van der Waals surface area contributed by atoms with Gasteiger partial charge in [0, 0.05) is 27.5 Å². The summed E-state index contributed by atoms with van der Waals surface area (Å²) in [7, 11) is -4.54. The molecule has 10 atom stereocenters. The molecule has 4 heterocycles. The summed E-state index contributed by atoms with van der Waals surface area (Å²) in [5.74, 6) is 0. The minimum Gasteiger partial charge on any atom is -0.779 e. The zero-order chi connectivity index (χ0) is 23.9. The van der Waals surface area contributed by atoms with Crippen LogP contribution < -0.4 is 9.79 Å². The number of methoxy groups -OCH3 is 2. The summed E-state index contributed by atoms with van der Waals surface area (Å²) in [6.07, 6.45) is -2.23. The molecule has 12 nitrogen and oxygen atoms in total. The molecule has 0 aromatic carbocycles. The van der Waals surface area contributed by atoms with Gasteiger partial charge in [0.25, 0.3) is 0 Å². The van der Waals surface area contributed by atoms with E-state index in [9.17, 15) is 18.9 Å². The molecule has 0 N–H and O–H groups in total. The highest BCUT2D eigenvalue weighted by molar-refractivity contribution is 7.50. The molecular weight excluding hydrogens is 470 g/mol. The van der Waals surface area contributed by atoms with E-state index in [0.29, 0.717) is 13.2 Å². The summed E-state index contributed by atoms with van der Waals surface area (Å²) in [5, 5.41) is 0. The number of ether oxygens (including phenoxy) is 6. The van der Waals surface area contributed by atoms with Gasteiger partial charge in [-0.25, -0.2) is 0 Å². The van der Waals surface area contributed by atoms with Crippen molar-refractivity contribution in [3.05, 3.63) is 0 Å². The highest BCUT2D eigenvalue weighted by Gasteiger charge is 2.62. The zero-order valence-corrected chi connectivity index (χ0v) is 20.9. The fourth-order valence-electron chi connectivity index (χ4n) is 4.78. The van der Waals surface area contributed by atoms with Crippen molar-refractivity contribution in [3.8, 4) is 0 Å². The first-order valence-corrected chi connectivity index (χ1v) is 14.2. The van der Waals surface area contributed by atoms with Gasteiger partial charge in [-0.2, -0.15) is 0 Å². The lowest BCUT2D eigenvalue weighted by Gasteiger charge is -2.31. The van der Waals surface area contributed by atoms with Gasteiger partial charge in [0.05, 0.1) is 38.6 Å². The van der Waals surface area contributed by atoms with Crippen molar-refractivity contribution in [2.45, 2.75) is 61.7 Å². The third-order valence-electron chi connectivity index (χ3n) is 5.83. The lowest BCUT2D eigenvalue weighted by atomic mass is 10.00. The van der Waals surface area contributed by atoms with Crippen molar-refractivity contribution < 1.29 is 56.4 Å². The minimum absolute atomic E-state index is 0.180. The predicted octanol–water partition coefficient (Wildman–Crippen LogP) is -0.485. The Hall–Kier alpha value is 0.0600. The molecule has 0 saturated carbocycles. The first-order valence-electron chi connectivity index (χ1n) is 10.3. The molecule has 4 rings (SSSR count). The average Bonchev–Trinajstić information content (AvgIpc) is 3.28. The Morgan fingerprint density at radius 2 is 1.16 bits per heavy atom. The van der Waals surface area contributed by atoms with Crippen LogP contribution in [0.2, 0.25) is 0 Å². The topological polar surface area (TPSA) is 154 Å². The molecule has 0 aromatic rings. The van der Waals surface area contributed by atoms with E-state index in [0.717, 1.165) is 13.3 Å². The largest absolute Gasteiger partial charge is 0.779 e. The van der Waals surface area contributed by atoms with E-state index in [1.807, 2.05) is 13.8 Å². The standard InChI is InChI=1S/2C9H17O6P/c2*1-6-7-8(15-16(3,10)11)9(14-6,4-12-2)5-13-7/h2*6-8H,4-5H2,1-3H3,(H,10,11)/p-2/t6?,7-,8-,9?;6-,7?,8+,9-/m10/s1. The molecule has 0 amide bonds. The fraction of sp³-hybridized carbons (Fsp3) is 1.00. The molecule has 0 spiro atoms. The van der Waals surface area contributed by atoms with Crippen LogP contribution in [0, 0.1) is 0 Å². The third kappa shape index (κ3) is 5.48.